The lowest BCUT2D eigenvalue weighted by Crippen LogP contribution is -2.18. The van der Waals surface area contributed by atoms with Crippen molar-refractivity contribution in [3.63, 3.8) is 0 Å². The summed E-state index contributed by atoms with van der Waals surface area (Å²) >= 11 is 0. The molecule has 2 amide bonds. The van der Waals surface area contributed by atoms with E-state index in [0.717, 1.165) is 24.2 Å². The van der Waals surface area contributed by atoms with Crippen LogP contribution in [-0.2, 0) is 5.41 Å². The summed E-state index contributed by atoms with van der Waals surface area (Å²) in [5.41, 5.74) is 9.72. The summed E-state index contributed by atoms with van der Waals surface area (Å²) in [5.74, 6) is 0.141. The zero-order chi connectivity index (χ0) is 24.5. The van der Waals surface area contributed by atoms with Crippen molar-refractivity contribution in [3.8, 4) is 0 Å². The van der Waals surface area contributed by atoms with Crippen LogP contribution < -0.4 is 21.7 Å². The number of rotatable bonds is 6. The zero-order valence-electron chi connectivity index (χ0n) is 19.9. The van der Waals surface area contributed by atoms with Gasteiger partial charge in [-0.2, -0.15) is 0 Å². The summed E-state index contributed by atoms with van der Waals surface area (Å²) in [4.78, 5) is 34.4. The van der Waals surface area contributed by atoms with Gasteiger partial charge in [0.1, 0.15) is 5.82 Å². The number of anilines is 4. The lowest BCUT2D eigenvalue weighted by molar-refractivity contribution is 0.101. The van der Waals surface area contributed by atoms with E-state index in [2.05, 4.69) is 46.7 Å². The summed E-state index contributed by atoms with van der Waals surface area (Å²) < 4.78 is 0. The van der Waals surface area contributed by atoms with Gasteiger partial charge >= 0.3 is 0 Å². The molecule has 1 aliphatic rings. The number of nitrogens with zero attached hydrogens (tertiary/aromatic N) is 2. The maximum absolute atomic E-state index is 12.9. The lowest BCUT2D eigenvalue weighted by atomic mass is 9.86. The Bertz CT molecular complexity index is 1230. The van der Waals surface area contributed by atoms with Crippen LogP contribution in [0.4, 0.5) is 22.9 Å². The van der Waals surface area contributed by atoms with Crippen molar-refractivity contribution in [1.82, 2.24) is 9.97 Å². The van der Waals surface area contributed by atoms with Crippen LogP contribution in [0, 0.1) is 6.92 Å². The van der Waals surface area contributed by atoms with Crippen LogP contribution in [0.3, 0.4) is 0 Å². The standard InChI is InChI=1S/C26H30N6O2/c1-15-22(25(34)31-20-7-8-23(29-13-20)30-19-5-6-19)12-21(14-28-15)32-24(33)16-9-17(26(2,3)4)11-18(27)10-16/h7-14,19H,5-6,27H2,1-4H3,(H,29,30)(H,31,34)(H,32,33). The number of nitrogens with two attached hydrogens (primary N) is 1. The molecule has 0 aliphatic heterocycles. The van der Waals surface area contributed by atoms with Gasteiger partial charge in [0.25, 0.3) is 11.8 Å². The quantitative estimate of drug-likeness (QED) is 0.396. The van der Waals surface area contributed by atoms with Crippen LogP contribution in [0.2, 0.25) is 0 Å². The lowest BCUT2D eigenvalue weighted by Gasteiger charge is -2.20. The Morgan fingerprint density at radius 1 is 0.941 bits per heavy atom. The summed E-state index contributed by atoms with van der Waals surface area (Å²) in [6.07, 6.45) is 5.47. The van der Waals surface area contributed by atoms with E-state index in [1.165, 1.54) is 6.20 Å². The van der Waals surface area contributed by atoms with E-state index < -0.39 is 0 Å². The van der Waals surface area contributed by atoms with Gasteiger partial charge in [-0.15, -0.1) is 0 Å². The van der Waals surface area contributed by atoms with E-state index in [1.807, 2.05) is 18.2 Å². The molecule has 8 nitrogen and oxygen atoms in total. The molecule has 1 fully saturated rings. The first kappa shape index (κ1) is 23.2. The second-order valence-electron chi connectivity index (χ2n) is 9.71. The van der Waals surface area contributed by atoms with Crippen LogP contribution in [0.5, 0.6) is 0 Å². The maximum atomic E-state index is 12.9. The molecule has 5 N–H and O–H groups in total. The molecule has 1 saturated carbocycles. The minimum atomic E-state index is -0.329. The molecule has 0 radical (unpaired) electrons. The molecular formula is C26H30N6O2. The van der Waals surface area contributed by atoms with Crippen molar-refractivity contribution in [2.45, 2.75) is 52.0 Å². The summed E-state index contributed by atoms with van der Waals surface area (Å²) in [7, 11) is 0. The molecule has 2 aromatic heterocycles. The monoisotopic (exact) mass is 458 g/mol. The molecule has 0 unspecified atom stereocenters. The molecule has 0 spiro atoms. The van der Waals surface area contributed by atoms with Gasteiger partial charge in [0.2, 0.25) is 0 Å². The van der Waals surface area contributed by atoms with Crippen LogP contribution in [0.15, 0.2) is 48.8 Å². The molecule has 34 heavy (non-hydrogen) atoms. The number of nitrogen functional groups attached to an aromatic ring is 1. The average molecular weight is 459 g/mol. The largest absolute Gasteiger partial charge is 0.399 e. The first-order valence-corrected chi connectivity index (χ1v) is 11.3. The number of amides is 2. The van der Waals surface area contributed by atoms with Gasteiger partial charge in [-0.25, -0.2) is 4.98 Å². The van der Waals surface area contributed by atoms with Crippen molar-refractivity contribution in [2.75, 3.05) is 21.7 Å². The molecule has 0 atom stereocenters. The van der Waals surface area contributed by atoms with E-state index in [1.54, 1.807) is 31.3 Å². The third kappa shape index (κ3) is 5.70. The molecule has 0 saturated heterocycles. The molecule has 3 aromatic rings. The van der Waals surface area contributed by atoms with Gasteiger partial charge in [-0.05, 0) is 67.1 Å². The van der Waals surface area contributed by atoms with Gasteiger partial charge in [0.05, 0.1) is 35.0 Å². The fraction of sp³-hybridized carbons (Fsp3) is 0.308. The highest BCUT2D eigenvalue weighted by Gasteiger charge is 2.21. The number of pyridine rings is 2. The number of aromatic nitrogens is 2. The Kier molecular flexibility index (Phi) is 6.24. The highest BCUT2D eigenvalue weighted by atomic mass is 16.2. The number of benzene rings is 1. The number of nitrogens with one attached hydrogen (secondary N) is 3. The van der Waals surface area contributed by atoms with Crippen molar-refractivity contribution >= 4 is 34.7 Å². The Morgan fingerprint density at radius 2 is 1.65 bits per heavy atom. The Labute approximate surface area is 199 Å². The Morgan fingerprint density at radius 3 is 2.29 bits per heavy atom. The fourth-order valence-electron chi connectivity index (χ4n) is 3.44. The molecular weight excluding hydrogens is 428 g/mol. The number of aryl methyl sites for hydroxylation is 1. The number of carbonyl (C=O) groups excluding carboxylic acids is 2. The highest BCUT2D eigenvalue weighted by molar-refractivity contribution is 6.08. The second kappa shape index (κ2) is 9.13. The third-order valence-electron chi connectivity index (χ3n) is 5.62. The van der Waals surface area contributed by atoms with Gasteiger partial charge in [-0.3, -0.25) is 14.6 Å². The normalized spacial score (nSPS) is 13.3. The van der Waals surface area contributed by atoms with E-state index in [4.69, 9.17) is 5.73 Å². The summed E-state index contributed by atoms with van der Waals surface area (Å²) in [6, 6.07) is 11.1. The molecule has 1 aliphatic carbocycles. The molecule has 0 bridgehead atoms. The minimum Gasteiger partial charge on any atom is -0.399 e. The smallest absolute Gasteiger partial charge is 0.257 e. The predicted molar refractivity (Wildman–Crippen MR) is 135 cm³/mol. The Hall–Kier alpha value is -3.94. The number of carbonyl (C=O) groups is 2. The van der Waals surface area contributed by atoms with Crippen molar-refractivity contribution < 1.29 is 9.59 Å². The predicted octanol–water partition coefficient (Wildman–Crippen LogP) is 4.74. The molecule has 176 valence electrons. The number of hydrogen-bond donors (Lipinski definition) is 4. The SMILES string of the molecule is Cc1ncc(NC(=O)c2cc(N)cc(C(C)(C)C)c2)cc1C(=O)Nc1ccc(NC2CC2)nc1. The minimum absolute atomic E-state index is 0.151. The van der Waals surface area contributed by atoms with Crippen molar-refractivity contribution in [3.05, 3.63) is 71.2 Å². The van der Waals surface area contributed by atoms with Crippen LogP contribution in [0.25, 0.3) is 0 Å². The first-order chi connectivity index (χ1) is 16.1. The molecule has 1 aromatic carbocycles. The van der Waals surface area contributed by atoms with Crippen molar-refractivity contribution in [1.29, 1.82) is 0 Å². The van der Waals surface area contributed by atoms with E-state index in [0.29, 0.717) is 39.9 Å². The number of hydrogen-bond acceptors (Lipinski definition) is 6. The summed E-state index contributed by atoms with van der Waals surface area (Å²) in [5, 5.41) is 8.97. The van der Waals surface area contributed by atoms with E-state index in [9.17, 15) is 9.59 Å². The van der Waals surface area contributed by atoms with Gasteiger partial charge in [0, 0.05) is 17.3 Å². The van der Waals surface area contributed by atoms with E-state index >= 15 is 0 Å². The van der Waals surface area contributed by atoms with Crippen LogP contribution in [-0.4, -0.2) is 27.8 Å². The van der Waals surface area contributed by atoms with E-state index in [-0.39, 0.29) is 17.2 Å². The second-order valence-corrected chi connectivity index (χ2v) is 9.71. The highest BCUT2D eigenvalue weighted by Crippen LogP contribution is 2.26. The molecule has 2 heterocycles. The summed E-state index contributed by atoms with van der Waals surface area (Å²) in [6.45, 7) is 7.93. The molecule has 8 heteroatoms. The first-order valence-electron chi connectivity index (χ1n) is 11.3. The average Bonchev–Trinajstić information content (AvgIpc) is 3.59. The maximum Gasteiger partial charge on any atom is 0.257 e. The third-order valence-corrected chi connectivity index (χ3v) is 5.62. The van der Waals surface area contributed by atoms with Gasteiger partial charge in [-0.1, -0.05) is 20.8 Å². The topological polar surface area (TPSA) is 122 Å². The molecule has 4 rings (SSSR count). The Balaban J connectivity index is 1.48. The fourth-order valence-corrected chi connectivity index (χ4v) is 3.44. The van der Waals surface area contributed by atoms with Gasteiger partial charge < -0.3 is 21.7 Å². The van der Waals surface area contributed by atoms with Crippen LogP contribution >= 0.6 is 0 Å². The van der Waals surface area contributed by atoms with Crippen molar-refractivity contribution in [2.24, 2.45) is 0 Å². The van der Waals surface area contributed by atoms with Gasteiger partial charge in [0.15, 0.2) is 0 Å². The van der Waals surface area contributed by atoms with Crippen LogP contribution in [0.1, 0.15) is 65.6 Å². The zero-order valence-corrected chi connectivity index (χ0v) is 19.9.